The average Bonchev–Trinajstić information content (AvgIpc) is 2.18. The van der Waals surface area contributed by atoms with Crippen molar-refractivity contribution in [2.24, 2.45) is 11.8 Å². The van der Waals surface area contributed by atoms with Crippen LogP contribution in [0.5, 0.6) is 0 Å². The number of aliphatic hydroxyl groups excluding tert-OH is 1. The standard InChI is InChI=1S/C14H21O/c1-10(2)13(11(3)4)14(15)12-8-6-5-7-9-12/h5-11,14-15H,1-4H3. The van der Waals surface area contributed by atoms with Crippen LogP contribution < -0.4 is 0 Å². The second-order valence-corrected chi connectivity index (χ2v) is 4.62. The molecule has 1 atom stereocenters. The second-order valence-electron chi connectivity index (χ2n) is 4.62. The van der Waals surface area contributed by atoms with Crippen molar-refractivity contribution < 1.29 is 5.11 Å². The molecular weight excluding hydrogens is 184 g/mol. The van der Waals surface area contributed by atoms with E-state index in [1.54, 1.807) is 0 Å². The third-order valence-electron chi connectivity index (χ3n) is 2.76. The maximum Gasteiger partial charge on any atom is 0.0857 e. The summed E-state index contributed by atoms with van der Waals surface area (Å²) < 4.78 is 0. The molecule has 0 saturated carbocycles. The topological polar surface area (TPSA) is 20.2 Å². The lowest BCUT2D eigenvalue weighted by Gasteiger charge is -2.29. The molecule has 0 aromatic heterocycles. The lowest BCUT2D eigenvalue weighted by molar-refractivity contribution is 0.154. The minimum atomic E-state index is -0.425. The first-order chi connectivity index (χ1) is 7.04. The Bertz CT molecular complexity index is 269. The molecule has 83 valence electrons. The highest BCUT2D eigenvalue weighted by Crippen LogP contribution is 2.35. The summed E-state index contributed by atoms with van der Waals surface area (Å²) in [5.74, 6) is 2.04. The maximum absolute atomic E-state index is 10.3. The lowest BCUT2D eigenvalue weighted by Crippen LogP contribution is -2.21. The van der Waals surface area contributed by atoms with Crippen LogP contribution in [0.2, 0.25) is 0 Å². The number of hydrogen-bond acceptors (Lipinski definition) is 1. The fourth-order valence-electron chi connectivity index (χ4n) is 2.13. The van der Waals surface area contributed by atoms with Gasteiger partial charge in [0.25, 0.3) is 0 Å². The molecule has 1 rings (SSSR count). The van der Waals surface area contributed by atoms with E-state index in [-0.39, 0.29) is 0 Å². The molecule has 15 heavy (non-hydrogen) atoms. The SMILES string of the molecule is CC(C)[C](C(C)C)C(O)c1ccccc1. The summed E-state index contributed by atoms with van der Waals surface area (Å²) in [6.07, 6.45) is -0.425. The molecule has 0 bridgehead atoms. The van der Waals surface area contributed by atoms with Gasteiger partial charge in [-0.15, -0.1) is 0 Å². The van der Waals surface area contributed by atoms with Gasteiger partial charge in [-0.25, -0.2) is 0 Å². The van der Waals surface area contributed by atoms with E-state index in [0.717, 1.165) is 5.56 Å². The van der Waals surface area contributed by atoms with E-state index in [1.807, 2.05) is 30.3 Å². The molecule has 1 aromatic carbocycles. The predicted octanol–water partition coefficient (Wildman–Crippen LogP) is 3.61. The number of rotatable bonds is 4. The second kappa shape index (κ2) is 5.32. The first-order valence-corrected chi connectivity index (χ1v) is 5.63. The van der Waals surface area contributed by atoms with Crippen LogP contribution in [0.15, 0.2) is 30.3 Å². The number of benzene rings is 1. The van der Waals surface area contributed by atoms with Crippen molar-refractivity contribution in [3.8, 4) is 0 Å². The molecule has 0 saturated heterocycles. The van der Waals surface area contributed by atoms with Crippen molar-refractivity contribution in [1.82, 2.24) is 0 Å². The molecule has 0 aliphatic rings. The Kier molecular flexibility index (Phi) is 4.34. The van der Waals surface area contributed by atoms with Crippen molar-refractivity contribution in [3.63, 3.8) is 0 Å². The molecule has 1 unspecified atom stereocenters. The van der Waals surface area contributed by atoms with Crippen LogP contribution in [0.4, 0.5) is 0 Å². The Morgan fingerprint density at radius 2 is 1.40 bits per heavy atom. The molecule has 0 aliphatic heterocycles. The van der Waals surface area contributed by atoms with Gasteiger partial charge < -0.3 is 5.11 Å². The zero-order chi connectivity index (χ0) is 11.4. The highest BCUT2D eigenvalue weighted by atomic mass is 16.3. The molecule has 0 heterocycles. The summed E-state index contributed by atoms with van der Waals surface area (Å²) in [5, 5.41) is 10.3. The summed E-state index contributed by atoms with van der Waals surface area (Å²) in [6, 6.07) is 9.87. The zero-order valence-corrected chi connectivity index (χ0v) is 10.1. The van der Waals surface area contributed by atoms with E-state index in [9.17, 15) is 5.11 Å². The van der Waals surface area contributed by atoms with Crippen molar-refractivity contribution in [3.05, 3.63) is 41.8 Å². The van der Waals surface area contributed by atoms with Crippen molar-refractivity contribution in [2.45, 2.75) is 33.8 Å². The van der Waals surface area contributed by atoms with E-state index < -0.39 is 6.10 Å². The van der Waals surface area contributed by atoms with E-state index in [2.05, 4.69) is 27.7 Å². The largest absolute Gasteiger partial charge is 0.388 e. The summed E-state index contributed by atoms with van der Waals surface area (Å²) >= 11 is 0. The molecular formula is C14H21O. The van der Waals surface area contributed by atoms with E-state index >= 15 is 0 Å². The molecule has 1 radical (unpaired) electrons. The van der Waals surface area contributed by atoms with Gasteiger partial charge in [0.05, 0.1) is 6.10 Å². The molecule has 0 spiro atoms. The van der Waals surface area contributed by atoms with Gasteiger partial charge in [-0.05, 0) is 17.4 Å². The quantitative estimate of drug-likeness (QED) is 0.796. The molecule has 1 heteroatoms. The van der Waals surface area contributed by atoms with Crippen molar-refractivity contribution in [2.75, 3.05) is 0 Å². The summed E-state index contributed by atoms with van der Waals surface area (Å²) in [7, 11) is 0. The van der Waals surface area contributed by atoms with Gasteiger partial charge in [-0.2, -0.15) is 0 Å². The summed E-state index contributed by atoms with van der Waals surface area (Å²) in [4.78, 5) is 0. The average molecular weight is 205 g/mol. The Balaban J connectivity index is 2.86. The minimum Gasteiger partial charge on any atom is -0.388 e. The van der Waals surface area contributed by atoms with Gasteiger partial charge in [0.1, 0.15) is 0 Å². The summed E-state index contributed by atoms with van der Waals surface area (Å²) in [6.45, 7) is 8.56. The van der Waals surface area contributed by atoms with E-state index in [1.165, 1.54) is 5.92 Å². The molecule has 0 amide bonds. The van der Waals surface area contributed by atoms with Crippen molar-refractivity contribution in [1.29, 1.82) is 0 Å². The normalized spacial score (nSPS) is 13.9. The Labute approximate surface area is 93.1 Å². The smallest absolute Gasteiger partial charge is 0.0857 e. The van der Waals surface area contributed by atoms with E-state index in [0.29, 0.717) is 11.8 Å². The maximum atomic E-state index is 10.3. The van der Waals surface area contributed by atoms with Gasteiger partial charge in [-0.1, -0.05) is 58.0 Å². The molecule has 0 fully saturated rings. The van der Waals surface area contributed by atoms with Crippen LogP contribution in [0, 0.1) is 17.8 Å². The fraction of sp³-hybridized carbons (Fsp3) is 0.500. The minimum absolute atomic E-state index is 0.417. The third kappa shape index (κ3) is 3.07. The van der Waals surface area contributed by atoms with Gasteiger partial charge in [0, 0.05) is 5.92 Å². The zero-order valence-electron chi connectivity index (χ0n) is 10.1. The van der Waals surface area contributed by atoms with Gasteiger partial charge in [0.2, 0.25) is 0 Å². The fourth-order valence-corrected chi connectivity index (χ4v) is 2.13. The first kappa shape index (κ1) is 12.3. The van der Waals surface area contributed by atoms with Crippen LogP contribution in [-0.2, 0) is 0 Å². The third-order valence-corrected chi connectivity index (χ3v) is 2.76. The number of hydrogen-bond donors (Lipinski definition) is 1. The first-order valence-electron chi connectivity index (χ1n) is 5.63. The van der Waals surface area contributed by atoms with Gasteiger partial charge in [-0.3, -0.25) is 0 Å². The monoisotopic (exact) mass is 205 g/mol. The highest BCUT2D eigenvalue weighted by molar-refractivity contribution is 5.24. The predicted molar refractivity (Wildman–Crippen MR) is 64.3 cm³/mol. The van der Waals surface area contributed by atoms with Crippen LogP contribution in [0.3, 0.4) is 0 Å². The number of aliphatic hydroxyl groups is 1. The highest BCUT2D eigenvalue weighted by Gasteiger charge is 2.27. The lowest BCUT2D eigenvalue weighted by atomic mass is 9.79. The molecule has 1 N–H and O–H groups in total. The molecule has 1 nitrogen and oxygen atoms in total. The Hall–Kier alpha value is -0.820. The van der Waals surface area contributed by atoms with E-state index in [4.69, 9.17) is 0 Å². The van der Waals surface area contributed by atoms with Crippen LogP contribution >= 0.6 is 0 Å². The van der Waals surface area contributed by atoms with Crippen molar-refractivity contribution >= 4 is 0 Å². The Morgan fingerprint density at radius 3 is 1.80 bits per heavy atom. The Morgan fingerprint density at radius 1 is 0.933 bits per heavy atom. The van der Waals surface area contributed by atoms with Crippen LogP contribution in [0.25, 0.3) is 0 Å². The van der Waals surface area contributed by atoms with Gasteiger partial charge >= 0.3 is 0 Å². The molecule has 1 aromatic rings. The van der Waals surface area contributed by atoms with Crippen LogP contribution in [-0.4, -0.2) is 5.11 Å². The van der Waals surface area contributed by atoms with Gasteiger partial charge in [0.15, 0.2) is 0 Å². The van der Waals surface area contributed by atoms with Crippen LogP contribution in [0.1, 0.15) is 39.4 Å². The molecule has 0 aliphatic carbocycles. The summed E-state index contributed by atoms with van der Waals surface area (Å²) in [5.41, 5.74) is 0.995.